The number of hydrogen-bond acceptors (Lipinski definition) is 7. The fourth-order valence-corrected chi connectivity index (χ4v) is 4.88. The Balaban J connectivity index is 2.16. The minimum absolute atomic E-state index is 0.157. The van der Waals surface area contributed by atoms with Crippen LogP contribution in [0.4, 0.5) is 5.13 Å². The van der Waals surface area contributed by atoms with Crippen LogP contribution < -0.4 is 10.0 Å². The zero-order valence-electron chi connectivity index (χ0n) is 13.4. The SMILES string of the molecule is COCCN1[C@@H](C)CN(c2nc(C)c(S(N)(=O)=O)s2)C[C@@H]1C. The molecular weight excluding hydrogens is 324 g/mol. The third-order valence-electron chi connectivity index (χ3n) is 3.93. The fourth-order valence-electron chi connectivity index (χ4n) is 2.92. The number of piperazine rings is 1. The van der Waals surface area contributed by atoms with E-state index in [9.17, 15) is 8.42 Å². The Morgan fingerprint density at radius 2 is 1.95 bits per heavy atom. The highest BCUT2D eigenvalue weighted by atomic mass is 32.2. The molecule has 0 saturated carbocycles. The maximum atomic E-state index is 11.6. The third kappa shape index (κ3) is 3.77. The lowest BCUT2D eigenvalue weighted by Crippen LogP contribution is -2.57. The number of ether oxygens (including phenoxy) is 1. The fraction of sp³-hybridized carbons (Fsp3) is 0.769. The van der Waals surface area contributed by atoms with Crippen LogP contribution in [0.3, 0.4) is 0 Å². The van der Waals surface area contributed by atoms with Gasteiger partial charge in [-0.3, -0.25) is 4.90 Å². The number of thiazole rings is 1. The monoisotopic (exact) mass is 348 g/mol. The molecule has 0 spiro atoms. The number of nitrogens with two attached hydrogens (primary N) is 1. The molecular formula is C13H24N4O3S2. The van der Waals surface area contributed by atoms with Crippen LogP contribution >= 0.6 is 11.3 Å². The van der Waals surface area contributed by atoms with Gasteiger partial charge in [0.2, 0.25) is 10.0 Å². The standard InChI is InChI=1S/C13H24N4O3S2/c1-9-7-16(8-10(2)17(9)5-6-20-4)13-15-11(3)12(21-13)22(14,18)19/h9-10H,5-8H2,1-4H3,(H2,14,18,19)/t9-,10-/m0/s1. The van der Waals surface area contributed by atoms with Gasteiger partial charge in [-0.15, -0.1) is 0 Å². The molecule has 2 rings (SSSR count). The Morgan fingerprint density at radius 3 is 2.41 bits per heavy atom. The minimum atomic E-state index is -3.70. The maximum absolute atomic E-state index is 11.6. The van der Waals surface area contributed by atoms with Crippen molar-refractivity contribution in [1.29, 1.82) is 0 Å². The molecule has 1 fully saturated rings. The van der Waals surface area contributed by atoms with Crippen LogP contribution in [-0.4, -0.2) is 63.7 Å². The Labute approximate surface area is 136 Å². The van der Waals surface area contributed by atoms with Crippen molar-refractivity contribution < 1.29 is 13.2 Å². The lowest BCUT2D eigenvalue weighted by atomic mass is 10.1. The first-order chi connectivity index (χ1) is 10.2. The van der Waals surface area contributed by atoms with E-state index in [4.69, 9.17) is 9.88 Å². The van der Waals surface area contributed by atoms with E-state index >= 15 is 0 Å². The van der Waals surface area contributed by atoms with Crippen molar-refractivity contribution >= 4 is 26.5 Å². The highest BCUT2D eigenvalue weighted by Crippen LogP contribution is 2.31. The molecule has 0 aliphatic carbocycles. The molecule has 0 bridgehead atoms. The molecule has 126 valence electrons. The molecule has 2 N–H and O–H groups in total. The Kier molecular flexibility index (Phi) is 5.44. The summed E-state index contributed by atoms with van der Waals surface area (Å²) in [6.07, 6.45) is 0. The van der Waals surface area contributed by atoms with Gasteiger partial charge in [0.15, 0.2) is 9.34 Å². The number of primary sulfonamides is 1. The normalized spacial score (nSPS) is 24.0. The van der Waals surface area contributed by atoms with Crippen LogP contribution in [0.2, 0.25) is 0 Å². The minimum Gasteiger partial charge on any atom is -0.383 e. The van der Waals surface area contributed by atoms with Gasteiger partial charge < -0.3 is 9.64 Å². The van der Waals surface area contributed by atoms with Crippen molar-refractivity contribution in [2.24, 2.45) is 5.14 Å². The van der Waals surface area contributed by atoms with Crippen molar-refractivity contribution in [3.8, 4) is 0 Å². The molecule has 22 heavy (non-hydrogen) atoms. The molecule has 1 aromatic heterocycles. The van der Waals surface area contributed by atoms with Gasteiger partial charge in [-0.2, -0.15) is 0 Å². The van der Waals surface area contributed by atoms with Crippen LogP contribution in [0.1, 0.15) is 19.5 Å². The van der Waals surface area contributed by atoms with E-state index < -0.39 is 10.0 Å². The van der Waals surface area contributed by atoms with Crippen LogP contribution in [0, 0.1) is 6.92 Å². The van der Waals surface area contributed by atoms with Crippen molar-refractivity contribution in [2.45, 2.75) is 37.1 Å². The van der Waals surface area contributed by atoms with Crippen LogP contribution in [0.25, 0.3) is 0 Å². The van der Waals surface area contributed by atoms with Crippen molar-refractivity contribution in [1.82, 2.24) is 9.88 Å². The number of anilines is 1. The molecule has 1 saturated heterocycles. The zero-order valence-corrected chi connectivity index (χ0v) is 15.1. The van der Waals surface area contributed by atoms with Crippen molar-refractivity contribution in [3.05, 3.63) is 5.69 Å². The van der Waals surface area contributed by atoms with Gasteiger partial charge >= 0.3 is 0 Å². The van der Waals surface area contributed by atoms with E-state index in [1.54, 1.807) is 14.0 Å². The number of rotatable bonds is 5. The lowest BCUT2D eigenvalue weighted by molar-refractivity contribution is 0.0846. The summed E-state index contributed by atoms with van der Waals surface area (Å²) < 4.78 is 28.4. The van der Waals surface area contributed by atoms with Gasteiger partial charge in [0.25, 0.3) is 0 Å². The number of hydrogen-bond donors (Lipinski definition) is 1. The highest BCUT2D eigenvalue weighted by Gasteiger charge is 2.31. The van der Waals surface area contributed by atoms with E-state index in [0.717, 1.165) is 36.1 Å². The number of aromatic nitrogens is 1. The molecule has 0 radical (unpaired) electrons. The summed E-state index contributed by atoms with van der Waals surface area (Å²) in [5, 5.41) is 5.96. The predicted octanol–water partition coefficient (Wildman–Crippen LogP) is 0.644. The van der Waals surface area contributed by atoms with Gasteiger partial charge in [0.1, 0.15) is 0 Å². The molecule has 2 heterocycles. The second kappa shape index (κ2) is 6.79. The molecule has 0 amide bonds. The first-order valence-corrected chi connectivity index (χ1v) is 9.60. The Morgan fingerprint density at radius 1 is 1.36 bits per heavy atom. The topological polar surface area (TPSA) is 88.8 Å². The van der Waals surface area contributed by atoms with Gasteiger partial charge in [0, 0.05) is 38.8 Å². The summed E-state index contributed by atoms with van der Waals surface area (Å²) >= 11 is 1.15. The highest BCUT2D eigenvalue weighted by molar-refractivity contribution is 7.91. The smallest absolute Gasteiger partial charge is 0.249 e. The largest absolute Gasteiger partial charge is 0.383 e. The number of methoxy groups -OCH3 is 1. The Hall–Kier alpha value is -0.740. The molecule has 0 aromatic carbocycles. The maximum Gasteiger partial charge on any atom is 0.249 e. The average Bonchev–Trinajstić information content (AvgIpc) is 2.80. The van der Waals surface area contributed by atoms with E-state index in [1.165, 1.54) is 0 Å². The summed E-state index contributed by atoms with van der Waals surface area (Å²) in [5.41, 5.74) is 0.476. The summed E-state index contributed by atoms with van der Waals surface area (Å²) in [5.74, 6) is 0. The van der Waals surface area contributed by atoms with Gasteiger partial charge in [-0.25, -0.2) is 18.5 Å². The molecule has 0 unspecified atom stereocenters. The summed E-state index contributed by atoms with van der Waals surface area (Å²) in [7, 11) is -1.99. The van der Waals surface area contributed by atoms with Crippen LogP contribution in [-0.2, 0) is 14.8 Å². The second-order valence-electron chi connectivity index (χ2n) is 5.75. The summed E-state index contributed by atoms with van der Waals surface area (Å²) in [6.45, 7) is 9.24. The quantitative estimate of drug-likeness (QED) is 0.840. The Bertz CT molecular complexity index is 605. The van der Waals surface area contributed by atoms with Crippen LogP contribution in [0.5, 0.6) is 0 Å². The first-order valence-electron chi connectivity index (χ1n) is 7.24. The summed E-state index contributed by atoms with van der Waals surface area (Å²) in [6, 6.07) is 0.696. The number of aryl methyl sites for hydroxylation is 1. The molecule has 1 aliphatic heterocycles. The molecule has 7 nitrogen and oxygen atoms in total. The number of sulfonamides is 1. The summed E-state index contributed by atoms with van der Waals surface area (Å²) in [4.78, 5) is 8.95. The molecule has 2 atom stereocenters. The second-order valence-corrected chi connectivity index (χ2v) is 8.48. The first kappa shape index (κ1) is 17.6. The predicted molar refractivity (Wildman–Crippen MR) is 87.9 cm³/mol. The molecule has 1 aromatic rings. The van der Waals surface area contributed by atoms with E-state index in [2.05, 4.69) is 28.6 Å². The molecule has 1 aliphatic rings. The lowest BCUT2D eigenvalue weighted by Gasteiger charge is -2.44. The zero-order chi connectivity index (χ0) is 16.5. The van der Waals surface area contributed by atoms with Gasteiger partial charge in [-0.05, 0) is 20.8 Å². The van der Waals surface area contributed by atoms with Crippen molar-refractivity contribution in [2.75, 3.05) is 38.3 Å². The average molecular weight is 348 g/mol. The van der Waals surface area contributed by atoms with Gasteiger partial charge in [0.05, 0.1) is 12.3 Å². The van der Waals surface area contributed by atoms with Crippen molar-refractivity contribution in [3.63, 3.8) is 0 Å². The van der Waals surface area contributed by atoms with E-state index in [-0.39, 0.29) is 4.21 Å². The number of nitrogens with zero attached hydrogens (tertiary/aromatic N) is 3. The third-order valence-corrected chi connectivity index (χ3v) is 6.70. The molecule has 9 heteroatoms. The van der Waals surface area contributed by atoms with Gasteiger partial charge in [-0.1, -0.05) is 11.3 Å². The van der Waals surface area contributed by atoms with E-state index in [0.29, 0.717) is 24.4 Å². The van der Waals surface area contributed by atoms with Crippen LogP contribution in [0.15, 0.2) is 4.21 Å². The van der Waals surface area contributed by atoms with E-state index in [1.807, 2.05) is 0 Å².